The van der Waals surface area contributed by atoms with E-state index in [4.69, 9.17) is 4.74 Å². The summed E-state index contributed by atoms with van der Waals surface area (Å²) >= 11 is 0. The Morgan fingerprint density at radius 1 is 1.00 bits per heavy atom. The summed E-state index contributed by atoms with van der Waals surface area (Å²) in [6.07, 6.45) is 6.28. The highest BCUT2D eigenvalue weighted by Gasteiger charge is 2.61. The van der Waals surface area contributed by atoms with Gasteiger partial charge in [0.15, 0.2) is 0 Å². The quantitative estimate of drug-likeness (QED) is 0.238. The number of piperidine rings is 1. The highest BCUT2D eigenvalue weighted by Crippen LogP contribution is 2.45. The van der Waals surface area contributed by atoms with Crippen molar-refractivity contribution < 1.29 is 45.9 Å². The number of carbonyl (C=O) groups excluding carboxylic acids is 5. The maximum atomic E-state index is 14.9. The van der Waals surface area contributed by atoms with Gasteiger partial charge in [-0.3, -0.25) is 19.3 Å². The van der Waals surface area contributed by atoms with Crippen LogP contribution in [0.15, 0.2) is 53.9 Å². The number of anilines is 1. The van der Waals surface area contributed by atoms with Crippen LogP contribution in [0.5, 0.6) is 0 Å². The zero-order valence-corrected chi connectivity index (χ0v) is 38.0. The molecule has 4 heterocycles. The van der Waals surface area contributed by atoms with E-state index in [1.807, 2.05) is 18.6 Å². The first-order valence-corrected chi connectivity index (χ1v) is 24.4. The van der Waals surface area contributed by atoms with E-state index in [1.165, 1.54) is 34.4 Å². The van der Waals surface area contributed by atoms with Gasteiger partial charge in [0.2, 0.25) is 11.8 Å². The molecule has 0 unspecified atom stereocenters. The number of nitrogens with one attached hydrogen (secondary N) is 5. The summed E-state index contributed by atoms with van der Waals surface area (Å²) in [5.74, 6) is -4.41. The van der Waals surface area contributed by atoms with Crippen molar-refractivity contribution in [2.24, 2.45) is 11.8 Å². The van der Waals surface area contributed by atoms with Gasteiger partial charge in [-0.15, -0.1) is 6.58 Å². The Kier molecular flexibility index (Phi) is 15.0. The summed E-state index contributed by atoms with van der Waals surface area (Å²) in [6.45, 7) is 10.5. The molecule has 16 nitrogen and oxygen atoms in total. The summed E-state index contributed by atoms with van der Waals surface area (Å²) in [6, 6.07) is 4.63. The molecule has 1 spiro atoms. The molecular weight excluding hydrogens is 863 g/mol. The fourth-order valence-electron chi connectivity index (χ4n) is 9.47. The molecule has 0 radical (unpaired) electrons. The van der Waals surface area contributed by atoms with Crippen molar-refractivity contribution in [1.29, 1.82) is 0 Å². The lowest BCUT2D eigenvalue weighted by molar-refractivity contribution is -0.141. The Morgan fingerprint density at radius 3 is 2.46 bits per heavy atom. The number of rotatable bonds is 7. The number of likely N-dealkylation sites (tertiary alicyclic amines) is 1. The predicted octanol–water partition coefficient (Wildman–Crippen LogP) is 4.90. The van der Waals surface area contributed by atoms with E-state index in [0.717, 1.165) is 50.9 Å². The van der Waals surface area contributed by atoms with Crippen molar-refractivity contribution in [3.63, 3.8) is 0 Å². The van der Waals surface area contributed by atoms with Crippen LogP contribution < -0.4 is 26.0 Å². The fourth-order valence-corrected chi connectivity index (χ4v) is 10.7. The Balaban J connectivity index is 1.16. The Labute approximate surface area is 379 Å². The fraction of sp³-hybridized carbons (Fsp3) is 0.587. The molecule has 0 bridgehead atoms. The third-order valence-corrected chi connectivity index (χ3v) is 14.8. The van der Waals surface area contributed by atoms with Gasteiger partial charge in [0, 0.05) is 43.6 Å². The van der Waals surface area contributed by atoms with E-state index < -0.39 is 86.0 Å². The van der Waals surface area contributed by atoms with Gasteiger partial charge in [0.05, 0.1) is 18.8 Å². The molecule has 5 N–H and O–H groups in total. The number of amides is 6. The van der Waals surface area contributed by atoms with Gasteiger partial charge in [0.1, 0.15) is 40.3 Å². The number of hydrogen-bond acceptors (Lipinski definition) is 10. The highest BCUT2D eigenvalue weighted by molar-refractivity contribution is 7.90. The van der Waals surface area contributed by atoms with Crippen molar-refractivity contribution in [3.8, 4) is 0 Å². The van der Waals surface area contributed by atoms with Crippen molar-refractivity contribution in [1.82, 2.24) is 35.4 Å². The molecule has 19 heteroatoms. The Hall–Kier alpha value is -5.30. The molecule has 1 saturated carbocycles. The molecule has 0 aromatic heterocycles. The minimum absolute atomic E-state index is 0.0260. The zero-order chi connectivity index (χ0) is 46.5. The number of sulfonamides is 1. The van der Waals surface area contributed by atoms with Crippen LogP contribution in [0.25, 0.3) is 0 Å². The second-order valence-corrected chi connectivity index (χ2v) is 20.1. The number of fused-ring (bicyclic) bond motifs is 3. The van der Waals surface area contributed by atoms with Crippen LogP contribution in [-0.2, 0) is 42.2 Å². The maximum Gasteiger partial charge on any atom is 0.410 e. The number of urea groups is 1. The number of carbonyl (C=O) groups is 5. The lowest BCUT2D eigenvalue weighted by Gasteiger charge is -2.33. The average Bonchev–Trinajstić information content (AvgIpc) is 3.55. The van der Waals surface area contributed by atoms with Crippen LogP contribution in [-0.4, -0.2) is 115 Å². The Morgan fingerprint density at radius 2 is 1.74 bits per heavy atom. The van der Waals surface area contributed by atoms with E-state index >= 15 is 0 Å². The number of hydrogen-bond donors (Lipinski definition) is 5. The van der Waals surface area contributed by atoms with Crippen molar-refractivity contribution in [3.05, 3.63) is 71.8 Å². The molecule has 1 aliphatic carbocycles. The van der Waals surface area contributed by atoms with Gasteiger partial charge in [-0.05, 0) is 80.9 Å². The molecule has 5 aliphatic rings. The molecule has 2 aromatic rings. The van der Waals surface area contributed by atoms with Crippen molar-refractivity contribution in [2.75, 3.05) is 38.0 Å². The Bertz CT molecular complexity index is 2240. The van der Waals surface area contributed by atoms with Gasteiger partial charge >= 0.3 is 12.1 Å². The third kappa shape index (κ3) is 11.2. The predicted molar refractivity (Wildman–Crippen MR) is 238 cm³/mol. The van der Waals surface area contributed by atoms with E-state index in [0.29, 0.717) is 43.5 Å². The van der Waals surface area contributed by atoms with E-state index in [9.17, 15) is 41.2 Å². The summed E-state index contributed by atoms with van der Waals surface area (Å²) in [5, 5.41) is 11.8. The first-order valence-electron chi connectivity index (χ1n) is 23.0. The van der Waals surface area contributed by atoms with Crippen LogP contribution in [0.1, 0.15) is 95.6 Å². The highest BCUT2D eigenvalue weighted by atomic mass is 32.2. The summed E-state index contributed by atoms with van der Waals surface area (Å²) < 4.78 is 64.7. The largest absolute Gasteiger partial charge is 0.444 e. The smallest absolute Gasteiger partial charge is 0.410 e. The third-order valence-electron chi connectivity index (χ3n) is 13.4. The molecule has 65 heavy (non-hydrogen) atoms. The van der Waals surface area contributed by atoms with Crippen LogP contribution in [0, 0.1) is 23.5 Å². The number of ether oxygens (including phenoxy) is 1. The number of halogens is 2. The van der Waals surface area contributed by atoms with E-state index in [-0.39, 0.29) is 56.5 Å². The first kappa shape index (κ1) is 47.7. The van der Waals surface area contributed by atoms with Gasteiger partial charge in [-0.25, -0.2) is 31.5 Å². The molecule has 4 aliphatic heterocycles. The topological polar surface area (TPSA) is 199 Å². The SMILES string of the molecule is C=C[C@@H]1C[C@@]12NC(=O)[C@@H]1C[C@@H](OC(=O)N3Cc4cccc(F)c4C3)CN1C(=O)[C@@H](NC(=O)N[C@H](CN1CCCCC1)C(C)C)CCCCCCCNc1ccc(F)cc1S(=O)(=O)NC2=O. The minimum Gasteiger partial charge on any atom is -0.444 e. The number of benzene rings is 2. The van der Waals surface area contributed by atoms with Crippen LogP contribution in [0.2, 0.25) is 0 Å². The molecule has 2 aromatic carbocycles. The molecule has 354 valence electrons. The summed E-state index contributed by atoms with van der Waals surface area (Å²) in [5.41, 5.74) is -0.711. The van der Waals surface area contributed by atoms with Gasteiger partial charge < -0.3 is 35.8 Å². The second-order valence-electron chi connectivity index (χ2n) is 18.4. The first-order chi connectivity index (χ1) is 31.1. The van der Waals surface area contributed by atoms with E-state index in [1.54, 1.807) is 12.1 Å². The average molecular weight is 925 g/mol. The normalized spacial score (nSPS) is 27.0. The van der Waals surface area contributed by atoms with Gasteiger partial charge in [0.25, 0.3) is 15.9 Å². The lowest BCUT2D eigenvalue weighted by atomic mass is 10.0. The van der Waals surface area contributed by atoms with Crippen molar-refractivity contribution >= 4 is 45.6 Å². The summed E-state index contributed by atoms with van der Waals surface area (Å²) in [7, 11) is -4.69. The molecule has 6 atom stereocenters. The molecule has 3 fully saturated rings. The van der Waals surface area contributed by atoms with E-state index in [2.05, 4.69) is 32.7 Å². The number of nitrogens with zero attached hydrogens (tertiary/aromatic N) is 3. The molecule has 7 rings (SSSR count). The lowest BCUT2D eigenvalue weighted by Crippen LogP contribution is -2.59. The maximum absolute atomic E-state index is 14.9. The second kappa shape index (κ2) is 20.5. The monoisotopic (exact) mass is 924 g/mol. The molecule has 2 saturated heterocycles. The van der Waals surface area contributed by atoms with Crippen LogP contribution in [0.4, 0.5) is 24.1 Å². The standard InChI is InChI=1S/C46H62F2N8O8S/c1-4-31-24-46(31)43(59)53-65(62,63)40-22-32(47)17-18-36(40)49-19-10-7-5-6-9-16-37(50-44(60)51-38(29(2)3)28-54-20-11-8-12-21-54)42(58)56-26-33(23-39(56)41(57)52-46)64-45(61)55-25-30-14-13-15-35(48)34(30)27-55/h4,13-15,17-18,22,29,31,33,37-39,49H,1,5-12,16,19-21,23-28H2,2-3H3,(H,52,57)(H,53,59)(H2,50,51,60)/t31-,33-,37+,38-,39+,46-/m1/s1. The van der Waals surface area contributed by atoms with Gasteiger partial charge in [-0.1, -0.05) is 64.2 Å². The minimum atomic E-state index is -4.69. The van der Waals surface area contributed by atoms with Crippen LogP contribution >= 0.6 is 0 Å². The molecule has 6 amide bonds. The summed E-state index contributed by atoms with van der Waals surface area (Å²) in [4.78, 5) is 75.4. The molecular formula is C46H62F2N8O8S. The zero-order valence-electron chi connectivity index (χ0n) is 37.2. The van der Waals surface area contributed by atoms with Crippen molar-refractivity contribution in [2.45, 2.75) is 132 Å². The van der Waals surface area contributed by atoms with Crippen LogP contribution in [0.3, 0.4) is 0 Å². The van der Waals surface area contributed by atoms with Gasteiger partial charge in [-0.2, -0.15) is 0 Å².